The van der Waals surface area contributed by atoms with E-state index in [2.05, 4.69) is 10.3 Å². The third-order valence-electron chi connectivity index (χ3n) is 5.00. The molecule has 1 aliphatic carbocycles. The van der Waals surface area contributed by atoms with Crippen molar-refractivity contribution in [3.8, 4) is 0 Å². The number of nitro groups is 1. The average Bonchev–Trinajstić information content (AvgIpc) is 3.04. The van der Waals surface area contributed by atoms with Crippen LogP contribution in [-0.4, -0.2) is 28.7 Å². The van der Waals surface area contributed by atoms with Gasteiger partial charge < -0.3 is 10.1 Å². The summed E-state index contributed by atoms with van der Waals surface area (Å²) in [5.74, 6) is 1.40. The number of nitrogens with zero attached hydrogens (tertiary/aromatic N) is 2. The summed E-state index contributed by atoms with van der Waals surface area (Å²) in [6.07, 6.45) is 4.99. The van der Waals surface area contributed by atoms with E-state index in [1.165, 1.54) is 12.5 Å². The normalized spacial score (nSPS) is 26.9. The molecule has 120 valence electrons. The van der Waals surface area contributed by atoms with Crippen LogP contribution >= 0.6 is 0 Å². The van der Waals surface area contributed by atoms with Gasteiger partial charge in [-0.1, -0.05) is 0 Å². The summed E-state index contributed by atoms with van der Waals surface area (Å²) in [4.78, 5) is 15.1. The lowest BCUT2D eigenvalue weighted by molar-refractivity contribution is -0.384. The molecule has 23 heavy (non-hydrogen) atoms. The van der Waals surface area contributed by atoms with Gasteiger partial charge >= 0.3 is 0 Å². The summed E-state index contributed by atoms with van der Waals surface area (Å²) in [6, 6.07) is 8.98. The average molecular weight is 313 g/mol. The lowest BCUT2D eigenvalue weighted by Gasteiger charge is -2.33. The van der Waals surface area contributed by atoms with Crippen molar-refractivity contribution in [1.82, 2.24) is 4.98 Å². The SMILES string of the molecule is O=[N+]([O-])c1ccc2nc(NC3CCCC4OCCC34)ccc2c1. The number of anilines is 1. The first-order chi connectivity index (χ1) is 11.2. The van der Waals surface area contributed by atoms with Crippen molar-refractivity contribution < 1.29 is 9.66 Å². The van der Waals surface area contributed by atoms with Gasteiger partial charge in [0.2, 0.25) is 0 Å². The fourth-order valence-electron chi connectivity index (χ4n) is 3.85. The first kappa shape index (κ1) is 14.4. The molecule has 2 fully saturated rings. The van der Waals surface area contributed by atoms with Crippen molar-refractivity contribution in [2.24, 2.45) is 5.92 Å². The predicted molar refractivity (Wildman–Crippen MR) is 87.5 cm³/mol. The molecular formula is C17H19N3O3. The van der Waals surface area contributed by atoms with Crippen molar-refractivity contribution >= 4 is 22.4 Å². The van der Waals surface area contributed by atoms with Crippen molar-refractivity contribution in [3.05, 3.63) is 40.4 Å². The van der Waals surface area contributed by atoms with Gasteiger partial charge in [-0.15, -0.1) is 0 Å². The second-order valence-corrected chi connectivity index (χ2v) is 6.37. The van der Waals surface area contributed by atoms with Crippen LogP contribution in [0, 0.1) is 16.0 Å². The molecule has 2 aliphatic rings. The fourth-order valence-corrected chi connectivity index (χ4v) is 3.85. The topological polar surface area (TPSA) is 77.3 Å². The third-order valence-corrected chi connectivity index (χ3v) is 5.00. The van der Waals surface area contributed by atoms with E-state index in [1.54, 1.807) is 12.1 Å². The largest absolute Gasteiger partial charge is 0.378 e. The summed E-state index contributed by atoms with van der Waals surface area (Å²) >= 11 is 0. The Bertz CT molecular complexity index is 749. The van der Waals surface area contributed by atoms with E-state index in [4.69, 9.17) is 4.74 Å². The Kier molecular flexibility index (Phi) is 3.61. The first-order valence-electron chi connectivity index (χ1n) is 8.14. The van der Waals surface area contributed by atoms with E-state index >= 15 is 0 Å². The van der Waals surface area contributed by atoms with Gasteiger partial charge in [0, 0.05) is 36.1 Å². The van der Waals surface area contributed by atoms with Crippen molar-refractivity contribution in [2.45, 2.75) is 37.8 Å². The number of nitro benzene ring substituents is 1. The first-order valence-corrected chi connectivity index (χ1v) is 8.14. The van der Waals surface area contributed by atoms with E-state index in [-0.39, 0.29) is 10.6 Å². The highest BCUT2D eigenvalue weighted by molar-refractivity contribution is 5.82. The van der Waals surface area contributed by atoms with Crippen LogP contribution in [0.15, 0.2) is 30.3 Å². The maximum Gasteiger partial charge on any atom is 0.270 e. The number of benzene rings is 1. The maximum atomic E-state index is 10.8. The molecular weight excluding hydrogens is 294 g/mol. The predicted octanol–water partition coefficient (Wildman–Crippen LogP) is 3.51. The number of non-ortho nitro benzene ring substituents is 1. The third kappa shape index (κ3) is 2.74. The molecule has 0 radical (unpaired) electrons. The van der Waals surface area contributed by atoms with E-state index in [9.17, 15) is 10.1 Å². The van der Waals surface area contributed by atoms with Crippen LogP contribution in [0.5, 0.6) is 0 Å². The summed E-state index contributed by atoms with van der Waals surface area (Å²) < 4.78 is 5.81. The van der Waals surface area contributed by atoms with Crippen LogP contribution in [0.3, 0.4) is 0 Å². The number of hydrogen-bond acceptors (Lipinski definition) is 5. The van der Waals surface area contributed by atoms with Gasteiger partial charge in [0.05, 0.1) is 16.5 Å². The Balaban J connectivity index is 1.57. The molecule has 4 rings (SSSR count). The quantitative estimate of drug-likeness (QED) is 0.693. The van der Waals surface area contributed by atoms with Crippen LogP contribution in [-0.2, 0) is 4.74 Å². The molecule has 1 saturated heterocycles. The highest BCUT2D eigenvalue weighted by Crippen LogP contribution is 2.36. The zero-order chi connectivity index (χ0) is 15.8. The maximum absolute atomic E-state index is 10.8. The number of fused-ring (bicyclic) bond motifs is 2. The standard InChI is InChI=1S/C17H19N3O3/c21-20(22)12-5-6-14-11(10-12)4-7-17(18-14)19-15-2-1-3-16-13(15)8-9-23-16/h4-7,10,13,15-16H,1-3,8-9H2,(H,18,19). The Morgan fingerprint density at radius 2 is 2.13 bits per heavy atom. The van der Waals surface area contributed by atoms with Crippen LogP contribution in [0.1, 0.15) is 25.7 Å². The zero-order valence-electron chi connectivity index (χ0n) is 12.8. The van der Waals surface area contributed by atoms with Gasteiger partial charge in [-0.05, 0) is 43.9 Å². The van der Waals surface area contributed by atoms with Crippen molar-refractivity contribution in [1.29, 1.82) is 0 Å². The van der Waals surface area contributed by atoms with Crippen LogP contribution in [0.25, 0.3) is 10.9 Å². The Hall–Kier alpha value is -2.21. The summed E-state index contributed by atoms with van der Waals surface area (Å²) in [5, 5.41) is 15.2. The molecule has 3 unspecified atom stereocenters. The number of ether oxygens (including phenoxy) is 1. The Morgan fingerprint density at radius 1 is 1.22 bits per heavy atom. The van der Waals surface area contributed by atoms with E-state index in [1.807, 2.05) is 12.1 Å². The van der Waals surface area contributed by atoms with Gasteiger partial charge in [-0.25, -0.2) is 4.98 Å². The highest BCUT2D eigenvalue weighted by atomic mass is 16.6. The lowest BCUT2D eigenvalue weighted by atomic mass is 9.82. The Morgan fingerprint density at radius 3 is 3.00 bits per heavy atom. The highest BCUT2D eigenvalue weighted by Gasteiger charge is 2.37. The molecule has 1 aromatic carbocycles. The molecule has 6 heteroatoms. The van der Waals surface area contributed by atoms with Gasteiger partial charge in [0.1, 0.15) is 5.82 Å². The van der Waals surface area contributed by atoms with E-state index in [0.717, 1.165) is 42.6 Å². The molecule has 1 aromatic heterocycles. The van der Waals surface area contributed by atoms with E-state index in [0.29, 0.717) is 18.1 Å². The molecule has 1 N–H and O–H groups in total. The van der Waals surface area contributed by atoms with Crippen molar-refractivity contribution in [2.75, 3.05) is 11.9 Å². The number of aromatic nitrogens is 1. The van der Waals surface area contributed by atoms with Crippen LogP contribution < -0.4 is 5.32 Å². The minimum atomic E-state index is -0.381. The second kappa shape index (κ2) is 5.77. The second-order valence-electron chi connectivity index (χ2n) is 6.37. The Labute approximate surface area is 134 Å². The minimum Gasteiger partial charge on any atom is -0.378 e. The minimum absolute atomic E-state index is 0.0956. The number of pyridine rings is 1. The van der Waals surface area contributed by atoms with E-state index < -0.39 is 0 Å². The number of hydrogen-bond donors (Lipinski definition) is 1. The molecule has 0 bridgehead atoms. The molecule has 6 nitrogen and oxygen atoms in total. The summed E-state index contributed by atoms with van der Waals surface area (Å²) in [6.45, 7) is 0.863. The molecule has 0 amide bonds. The van der Waals surface area contributed by atoms with Gasteiger partial charge in [-0.3, -0.25) is 10.1 Å². The van der Waals surface area contributed by atoms with Gasteiger partial charge in [0.25, 0.3) is 5.69 Å². The zero-order valence-corrected chi connectivity index (χ0v) is 12.8. The van der Waals surface area contributed by atoms with Crippen molar-refractivity contribution in [3.63, 3.8) is 0 Å². The molecule has 2 heterocycles. The molecule has 2 aromatic rings. The van der Waals surface area contributed by atoms with Gasteiger partial charge in [-0.2, -0.15) is 0 Å². The monoisotopic (exact) mass is 313 g/mol. The van der Waals surface area contributed by atoms with Crippen LogP contribution in [0.4, 0.5) is 11.5 Å². The number of rotatable bonds is 3. The summed E-state index contributed by atoms with van der Waals surface area (Å²) in [5.41, 5.74) is 0.869. The molecule has 0 spiro atoms. The number of nitrogens with one attached hydrogen (secondary N) is 1. The smallest absolute Gasteiger partial charge is 0.270 e. The summed E-state index contributed by atoms with van der Waals surface area (Å²) in [7, 11) is 0. The molecule has 1 aliphatic heterocycles. The molecule has 3 atom stereocenters. The lowest BCUT2D eigenvalue weighted by Crippen LogP contribution is -2.38. The van der Waals surface area contributed by atoms with Crippen LogP contribution in [0.2, 0.25) is 0 Å². The van der Waals surface area contributed by atoms with Gasteiger partial charge in [0.15, 0.2) is 0 Å². The molecule has 1 saturated carbocycles. The fraction of sp³-hybridized carbons (Fsp3) is 0.471.